The molecule has 5 heteroatoms. The molecule has 0 aliphatic carbocycles. The smallest absolute Gasteiger partial charge is 0.339 e. The van der Waals surface area contributed by atoms with Crippen LogP contribution in [0.2, 0.25) is 10.0 Å². The van der Waals surface area contributed by atoms with Crippen LogP contribution in [-0.2, 0) is 11.3 Å². The number of esters is 1. The first-order valence-corrected chi connectivity index (χ1v) is 10.3. The number of nitrogens with zero attached hydrogens (tertiary/aromatic N) is 1. The standard InChI is InChI=1S/C25H19Cl2NO2/c1-15-7-9-18(11-16(15)2)24-13-20(19-5-3-4-6-23(19)28-24)25(29)30-14-17-8-10-21(26)22(27)12-17/h3-13H,14H2,1-2H3. The maximum atomic E-state index is 13.0. The highest BCUT2D eigenvalue weighted by Gasteiger charge is 2.16. The molecule has 1 heterocycles. The number of rotatable bonds is 4. The fourth-order valence-electron chi connectivity index (χ4n) is 3.25. The third-order valence-electron chi connectivity index (χ3n) is 5.09. The van der Waals surface area contributed by atoms with Crippen molar-refractivity contribution in [1.29, 1.82) is 0 Å². The van der Waals surface area contributed by atoms with Crippen LogP contribution in [0.4, 0.5) is 0 Å². The van der Waals surface area contributed by atoms with Gasteiger partial charge in [-0.2, -0.15) is 0 Å². The summed E-state index contributed by atoms with van der Waals surface area (Å²) in [7, 11) is 0. The molecule has 0 saturated carbocycles. The molecule has 4 rings (SSSR count). The Morgan fingerprint density at radius 1 is 0.900 bits per heavy atom. The quantitative estimate of drug-likeness (QED) is 0.318. The van der Waals surface area contributed by atoms with Crippen molar-refractivity contribution in [3.05, 3.63) is 99.0 Å². The Morgan fingerprint density at radius 3 is 2.47 bits per heavy atom. The van der Waals surface area contributed by atoms with Crippen LogP contribution in [0, 0.1) is 13.8 Å². The summed E-state index contributed by atoms with van der Waals surface area (Å²) in [6.07, 6.45) is 0. The van der Waals surface area contributed by atoms with E-state index in [1.807, 2.05) is 30.3 Å². The van der Waals surface area contributed by atoms with Gasteiger partial charge in [0.2, 0.25) is 0 Å². The van der Waals surface area contributed by atoms with E-state index >= 15 is 0 Å². The van der Waals surface area contributed by atoms with Crippen LogP contribution in [0.3, 0.4) is 0 Å². The Bertz CT molecular complexity index is 1270. The lowest BCUT2D eigenvalue weighted by Gasteiger charge is -2.11. The Hall–Kier alpha value is -2.88. The van der Waals surface area contributed by atoms with Gasteiger partial charge in [0.15, 0.2) is 0 Å². The molecular weight excluding hydrogens is 417 g/mol. The maximum absolute atomic E-state index is 13.0. The van der Waals surface area contributed by atoms with Crippen LogP contribution < -0.4 is 0 Å². The number of aromatic nitrogens is 1. The van der Waals surface area contributed by atoms with Crippen molar-refractivity contribution in [2.24, 2.45) is 0 Å². The molecule has 0 unspecified atom stereocenters. The second kappa shape index (κ2) is 8.47. The first-order chi connectivity index (χ1) is 14.4. The van der Waals surface area contributed by atoms with Gasteiger partial charge in [-0.3, -0.25) is 0 Å². The zero-order valence-corrected chi connectivity index (χ0v) is 18.1. The van der Waals surface area contributed by atoms with Crippen molar-refractivity contribution in [3.8, 4) is 11.3 Å². The van der Waals surface area contributed by atoms with Gasteiger partial charge in [0.25, 0.3) is 0 Å². The van der Waals surface area contributed by atoms with E-state index in [1.165, 1.54) is 11.1 Å². The lowest BCUT2D eigenvalue weighted by Crippen LogP contribution is -2.07. The molecule has 0 radical (unpaired) electrons. The van der Waals surface area contributed by atoms with Crippen LogP contribution in [0.25, 0.3) is 22.2 Å². The number of hydrogen-bond donors (Lipinski definition) is 0. The molecule has 0 bridgehead atoms. The molecule has 0 saturated heterocycles. The van der Waals surface area contributed by atoms with Crippen LogP contribution in [0.15, 0.2) is 66.7 Å². The minimum absolute atomic E-state index is 0.103. The minimum atomic E-state index is -0.412. The SMILES string of the molecule is Cc1ccc(-c2cc(C(=O)OCc3ccc(Cl)c(Cl)c3)c3ccccc3n2)cc1C. The van der Waals surface area contributed by atoms with Crippen LogP contribution in [-0.4, -0.2) is 11.0 Å². The molecule has 4 aromatic rings. The third-order valence-corrected chi connectivity index (χ3v) is 5.83. The van der Waals surface area contributed by atoms with Crippen LogP contribution in [0.1, 0.15) is 27.0 Å². The normalized spacial score (nSPS) is 10.9. The van der Waals surface area contributed by atoms with Crippen molar-refractivity contribution in [3.63, 3.8) is 0 Å². The first kappa shape index (κ1) is 20.4. The van der Waals surface area contributed by atoms with Gasteiger partial charge in [0, 0.05) is 10.9 Å². The van der Waals surface area contributed by atoms with Gasteiger partial charge in [-0.1, -0.05) is 59.6 Å². The van der Waals surface area contributed by atoms with Gasteiger partial charge in [-0.25, -0.2) is 9.78 Å². The molecule has 1 aromatic heterocycles. The van der Waals surface area contributed by atoms with Crippen LogP contribution in [0.5, 0.6) is 0 Å². The lowest BCUT2D eigenvalue weighted by molar-refractivity contribution is 0.0475. The zero-order valence-electron chi connectivity index (χ0n) is 16.6. The number of hydrogen-bond acceptors (Lipinski definition) is 3. The Balaban J connectivity index is 1.70. The molecule has 0 aliphatic rings. The topological polar surface area (TPSA) is 39.2 Å². The Labute approximate surface area is 185 Å². The largest absolute Gasteiger partial charge is 0.457 e. The summed E-state index contributed by atoms with van der Waals surface area (Å²) in [5.41, 5.74) is 6.07. The zero-order chi connectivity index (χ0) is 21.3. The molecule has 3 nitrogen and oxygen atoms in total. The van der Waals surface area contributed by atoms with E-state index in [9.17, 15) is 4.79 Å². The number of pyridine rings is 1. The van der Waals surface area contributed by atoms with Gasteiger partial charge in [-0.05, 0) is 60.9 Å². The van der Waals surface area contributed by atoms with Crippen molar-refractivity contribution in [1.82, 2.24) is 4.98 Å². The molecule has 0 aliphatic heterocycles. The van der Waals surface area contributed by atoms with E-state index in [0.29, 0.717) is 15.6 Å². The Morgan fingerprint density at radius 2 is 1.70 bits per heavy atom. The van der Waals surface area contributed by atoms with E-state index in [-0.39, 0.29) is 6.61 Å². The highest BCUT2D eigenvalue weighted by atomic mass is 35.5. The van der Waals surface area contributed by atoms with Gasteiger partial charge in [-0.15, -0.1) is 0 Å². The number of carbonyl (C=O) groups excluding carboxylic acids is 1. The molecule has 0 fully saturated rings. The molecule has 30 heavy (non-hydrogen) atoms. The molecule has 0 amide bonds. The number of para-hydroxylation sites is 1. The number of ether oxygens (including phenoxy) is 1. The summed E-state index contributed by atoms with van der Waals surface area (Å²) in [5.74, 6) is -0.412. The summed E-state index contributed by atoms with van der Waals surface area (Å²) < 4.78 is 5.58. The average Bonchev–Trinajstić information content (AvgIpc) is 2.75. The average molecular weight is 436 g/mol. The highest BCUT2D eigenvalue weighted by molar-refractivity contribution is 6.42. The maximum Gasteiger partial charge on any atom is 0.339 e. The Kier molecular flexibility index (Phi) is 5.76. The van der Waals surface area contributed by atoms with Gasteiger partial charge < -0.3 is 4.74 Å². The summed E-state index contributed by atoms with van der Waals surface area (Å²) >= 11 is 12.0. The molecule has 150 valence electrons. The van der Waals surface area contributed by atoms with Crippen molar-refractivity contribution < 1.29 is 9.53 Å². The summed E-state index contributed by atoms with van der Waals surface area (Å²) in [6.45, 7) is 4.23. The fraction of sp³-hybridized carbons (Fsp3) is 0.120. The number of aryl methyl sites for hydroxylation is 2. The van der Waals surface area contributed by atoms with E-state index in [2.05, 4.69) is 26.0 Å². The summed E-state index contributed by atoms with van der Waals surface area (Å²) in [5, 5.41) is 1.64. The first-order valence-electron chi connectivity index (χ1n) is 9.51. The van der Waals surface area contributed by atoms with Gasteiger partial charge >= 0.3 is 5.97 Å². The number of benzene rings is 3. The fourth-order valence-corrected chi connectivity index (χ4v) is 3.57. The molecule has 3 aromatic carbocycles. The number of halogens is 2. The van der Waals surface area contributed by atoms with Gasteiger partial charge in [0.05, 0.1) is 26.8 Å². The monoisotopic (exact) mass is 435 g/mol. The molecule has 0 N–H and O–H groups in total. The predicted molar refractivity (Wildman–Crippen MR) is 122 cm³/mol. The molecule has 0 atom stereocenters. The summed E-state index contributed by atoms with van der Waals surface area (Å²) in [4.78, 5) is 17.7. The second-order valence-corrected chi connectivity index (χ2v) is 8.01. The predicted octanol–water partition coefficient (Wildman–Crippen LogP) is 7.18. The molecule has 0 spiro atoms. The van der Waals surface area contributed by atoms with Crippen molar-refractivity contribution in [2.45, 2.75) is 20.5 Å². The van der Waals surface area contributed by atoms with E-state index in [4.69, 9.17) is 32.9 Å². The number of fused-ring (bicyclic) bond motifs is 1. The summed E-state index contributed by atoms with van der Waals surface area (Å²) in [6, 6.07) is 20.7. The highest BCUT2D eigenvalue weighted by Crippen LogP contribution is 2.27. The van der Waals surface area contributed by atoms with Gasteiger partial charge in [0.1, 0.15) is 6.61 Å². The van der Waals surface area contributed by atoms with Crippen molar-refractivity contribution >= 4 is 40.1 Å². The lowest BCUT2D eigenvalue weighted by atomic mass is 10.0. The second-order valence-electron chi connectivity index (χ2n) is 7.20. The third kappa shape index (κ3) is 4.18. The van der Waals surface area contributed by atoms with Crippen LogP contribution >= 0.6 is 23.2 Å². The van der Waals surface area contributed by atoms with E-state index < -0.39 is 5.97 Å². The van der Waals surface area contributed by atoms with E-state index in [1.54, 1.807) is 24.3 Å². The number of carbonyl (C=O) groups is 1. The minimum Gasteiger partial charge on any atom is -0.457 e. The molecular formula is C25H19Cl2NO2. The van der Waals surface area contributed by atoms with Crippen molar-refractivity contribution in [2.75, 3.05) is 0 Å². The van der Waals surface area contributed by atoms with E-state index in [0.717, 1.165) is 27.7 Å².